The minimum Gasteiger partial charge on any atom is -0.468 e. The van der Waals surface area contributed by atoms with Gasteiger partial charge in [0, 0.05) is 25.3 Å². The summed E-state index contributed by atoms with van der Waals surface area (Å²) >= 11 is 0. The van der Waals surface area contributed by atoms with Crippen LogP contribution < -0.4 is 9.62 Å². The highest BCUT2D eigenvalue weighted by molar-refractivity contribution is 7.90. The molecule has 0 aliphatic carbocycles. The van der Waals surface area contributed by atoms with Crippen LogP contribution in [0.5, 0.6) is 0 Å². The number of halogens is 3. The van der Waals surface area contributed by atoms with Gasteiger partial charge in [-0.15, -0.1) is 0 Å². The molecule has 24 heavy (non-hydrogen) atoms. The molecule has 1 saturated heterocycles. The van der Waals surface area contributed by atoms with E-state index in [4.69, 9.17) is 0 Å². The van der Waals surface area contributed by atoms with Gasteiger partial charge in [0.05, 0.1) is 12.7 Å². The molecule has 134 valence electrons. The van der Waals surface area contributed by atoms with Crippen LogP contribution in [-0.4, -0.2) is 51.4 Å². The number of nitrogens with zero attached hydrogens (tertiary/aromatic N) is 2. The van der Waals surface area contributed by atoms with Crippen LogP contribution in [0.15, 0.2) is 18.3 Å². The summed E-state index contributed by atoms with van der Waals surface area (Å²) in [4.78, 5) is 16.5. The van der Waals surface area contributed by atoms with Gasteiger partial charge in [-0.2, -0.15) is 13.2 Å². The minimum absolute atomic E-state index is 0.249. The standard InChI is InChI=1S/C13H16F3N3O4S/c1-23-12(20)8-24(21,22)18-10-4-5-19(7-10)11-3-2-9(6-17-11)13(14,15)16/h2-3,6,10,18H,4-5,7-8H2,1H3. The molecule has 1 aliphatic rings. The summed E-state index contributed by atoms with van der Waals surface area (Å²) in [7, 11) is -2.74. The minimum atomic E-state index is -4.46. The van der Waals surface area contributed by atoms with E-state index in [-0.39, 0.29) is 6.54 Å². The number of rotatable bonds is 5. The molecular formula is C13H16F3N3O4S. The second-order valence-electron chi connectivity index (χ2n) is 5.29. The van der Waals surface area contributed by atoms with Crippen molar-refractivity contribution in [2.24, 2.45) is 0 Å². The number of nitrogens with one attached hydrogen (secondary N) is 1. The maximum Gasteiger partial charge on any atom is 0.417 e. The molecule has 2 heterocycles. The van der Waals surface area contributed by atoms with Crippen molar-refractivity contribution in [3.63, 3.8) is 0 Å². The monoisotopic (exact) mass is 367 g/mol. The van der Waals surface area contributed by atoms with E-state index in [1.54, 1.807) is 4.90 Å². The second-order valence-corrected chi connectivity index (χ2v) is 7.04. The average molecular weight is 367 g/mol. The quantitative estimate of drug-likeness (QED) is 0.774. The highest BCUT2D eigenvalue weighted by Crippen LogP contribution is 2.29. The zero-order chi connectivity index (χ0) is 18.0. The lowest BCUT2D eigenvalue weighted by Crippen LogP contribution is -2.40. The van der Waals surface area contributed by atoms with Crippen LogP contribution in [0.1, 0.15) is 12.0 Å². The first-order valence-electron chi connectivity index (χ1n) is 6.96. The van der Waals surface area contributed by atoms with Gasteiger partial charge >= 0.3 is 12.1 Å². The molecule has 0 amide bonds. The SMILES string of the molecule is COC(=O)CS(=O)(=O)NC1CCN(c2ccc(C(F)(F)F)cn2)C1. The molecule has 0 spiro atoms. The largest absolute Gasteiger partial charge is 0.468 e. The first-order valence-corrected chi connectivity index (χ1v) is 8.61. The lowest BCUT2D eigenvalue weighted by atomic mass is 10.3. The molecule has 1 aromatic rings. The molecule has 0 saturated carbocycles. The third-order valence-corrected chi connectivity index (χ3v) is 4.78. The summed E-state index contributed by atoms with van der Waals surface area (Å²) in [6, 6.07) is 1.72. The predicted octanol–water partition coefficient (Wildman–Crippen LogP) is 0.772. The molecule has 1 N–H and O–H groups in total. The van der Waals surface area contributed by atoms with E-state index in [2.05, 4.69) is 14.4 Å². The summed E-state index contributed by atoms with van der Waals surface area (Å²) in [5.41, 5.74) is -0.847. The Kier molecular flexibility index (Phi) is 5.33. The van der Waals surface area contributed by atoms with Crippen molar-refractivity contribution in [1.82, 2.24) is 9.71 Å². The highest BCUT2D eigenvalue weighted by atomic mass is 32.2. The third kappa shape index (κ3) is 4.81. The van der Waals surface area contributed by atoms with Crippen molar-refractivity contribution in [3.05, 3.63) is 23.9 Å². The Morgan fingerprint density at radius 3 is 2.71 bits per heavy atom. The number of anilines is 1. The number of pyridine rings is 1. The lowest BCUT2D eigenvalue weighted by molar-refractivity contribution is -0.138. The predicted molar refractivity (Wildman–Crippen MR) is 78.8 cm³/mol. The Labute approximate surface area is 136 Å². The maximum absolute atomic E-state index is 12.5. The van der Waals surface area contributed by atoms with Crippen molar-refractivity contribution in [3.8, 4) is 0 Å². The van der Waals surface area contributed by atoms with Crippen molar-refractivity contribution >= 4 is 21.8 Å². The first-order chi connectivity index (χ1) is 11.1. The van der Waals surface area contributed by atoms with Crippen LogP contribution in [0, 0.1) is 0 Å². The van der Waals surface area contributed by atoms with Crippen molar-refractivity contribution in [2.45, 2.75) is 18.6 Å². The number of aromatic nitrogens is 1. The van der Waals surface area contributed by atoms with Crippen LogP contribution in [0.2, 0.25) is 0 Å². The topological polar surface area (TPSA) is 88.6 Å². The van der Waals surface area contributed by atoms with Gasteiger partial charge in [0.2, 0.25) is 10.0 Å². The van der Waals surface area contributed by atoms with Crippen molar-refractivity contribution < 1.29 is 31.1 Å². The van der Waals surface area contributed by atoms with Gasteiger partial charge in [-0.25, -0.2) is 18.1 Å². The Morgan fingerprint density at radius 1 is 1.46 bits per heavy atom. The molecule has 1 atom stereocenters. The highest BCUT2D eigenvalue weighted by Gasteiger charge is 2.32. The number of hydrogen-bond acceptors (Lipinski definition) is 6. The Hall–Kier alpha value is -1.88. The van der Waals surface area contributed by atoms with E-state index in [0.717, 1.165) is 19.4 Å². The van der Waals surface area contributed by atoms with Gasteiger partial charge in [0.1, 0.15) is 5.82 Å². The van der Waals surface area contributed by atoms with Crippen LogP contribution in [0.25, 0.3) is 0 Å². The van der Waals surface area contributed by atoms with Gasteiger partial charge in [0.25, 0.3) is 0 Å². The van der Waals surface area contributed by atoms with Crippen LogP contribution in [0.3, 0.4) is 0 Å². The Balaban J connectivity index is 1.97. The molecule has 0 bridgehead atoms. The number of hydrogen-bond donors (Lipinski definition) is 1. The van der Waals surface area contributed by atoms with E-state index in [1.807, 2.05) is 0 Å². The van der Waals surface area contributed by atoms with E-state index in [0.29, 0.717) is 18.8 Å². The third-order valence-electron chi connectivity index (χ3n) is 3.47. The summed E-state index contributed by atoms with van der Waals surface area (Å²) in [6.45, 7) is 0.683. The fraction of sp³-hybridized carbons (Fsp3) is 0.538. The van der Waals surface area contributed by atoms with Gasteiger partial charge < -0.3 is 9.64 Å². The number of carbonyl (C=O) groups is 1. The zero-order valence-electron chi connectivity index (χ0n) is 12.7. The normalized spacial score (nSPS) is 18.7. The van der Waals surface area contributed by atoms with Gasteiger partial charge in [-0.3, -0.25) is 4.79 Å². The summed E-state index contributed by atoms with van der Waals surface area (Å²) in [5, 5.41) is 0. The van der Waals surface area contributed by atoms with Crippen LogP contribution in [0.4, 0.5) is 19.0 Å². The van der Waals surface area contributed by atoms with Gasteiger partial charge in [0.15, 0.2) is 5.75 Å². The van der Waals surface area contributed by atoms with E-state index >= 15 is 0 Å². The first kappa shape index (κ1) is 18.5. The van der Waals surface area contributed by atoms with Gasteiger partial charge in [-0.1, -0.05) is 0 Å². The molecule has 0 aromatic carbocycles. The molecule has 11 heteroatoms. The van der Waals surface area contributed by atoms with Gasteiger partial charge in [-0.05, 0) is 18.6 Å². The Bertz CT molecular complexity index is 691. The molecule has 1 aromatic heterocycles. The lowest BCUT2D eigenvalue weighted by Gasteiger charge is -2.18. The summed E-state index contributed by atoms with van der Waals surface area (Å²) in [6.07, 6.45) is -3.27. The summed E-state index contributed by atoms with van der Waals surface area (Å²) in [5.74, 6) is -1.32. The van der Waals surface area contributed by atoms with Crippen LogP contribution >= 0.6 is 0 Å². The number of carbonyl (C=O) groups excluding carboxylic acids is 1. The molecule has 0 radical (unpaired) electrons. The summed E-state index contributed by atoms with van der Waals surface area (Å²) < 4.78 is 67.8. The number of ether oxygens (including phenoxy) is 1. The van der Waals surface area contributed by atoms with E-state index in [9.17, 15) is 26.4 Å². The molecule has 1 unspecified atom stereocenters. The number of sulfonamides is 1. The van der Waals surface area contributed by atoms with E-state index < -0.39 is 39.5 Å². The Morgan fingerprint density at radius 2 is 2.17 bits per heavy atom. The zero-order valence-corrected chi connectivity index (χ0v) is 13.5. The molecule has 1 fully saturated rings. The number of alkyl halides is 3. The molecule has 2 rings (SSSR count). The fourth-order valence-electron chi connectivity index (χ4n) is 2.32. The number of methoxy groups -OCH3 is 1. The smallest absolute Gasteiger partial charge is 0.417 e. The van der Waals surface area contributed by atoms with E-state index in [1.165, 1.54) is 6.07 Å². The molecular weight excluding hydrogens is 351 g/mol. The van der Waals surface area contributed by atoms with Crippen molar-refractivity contribution in [2.75, 3.05) is 30.9 Å². The fourth-order valence-corrected chi connectivity index (χ4v) is 3.53. The molecule has 1 aliphatic heterocycles. The van der Waals surface area contributed by atoms with Crippen LogP contribution in [-0.2, 0) is 25.7 Å². The number of esters is 1. The average Bonchev–Trinajstić information content (AvgIpc) is 2.93. The van der Waals surface area contributed by atoms with Crippen molar-refractivity contribution in [1.29, 1.82) is 0 Å². The second kappa shape index (κ2) is 6.93. The molecule has 7 nitrogen and oxygen atoms in total. The maximum atomic E-state index is 12.5.